The Kier molecular flexibility index (Phi) is 5.37. The van der Waals surface area contributed by atoms with Crippen LogP contribution >= 0.6 is 0 Å². The van der Waals surface area contributed by atoms with Crippen molar-refractivity contribution >= 4 is 23.4 Å². The largest absolute Gasteiger partial charge is 0.353 e. The highest BCUT2D eigenvalue weighted by Gasteiger charge is 2.23. The highest BCUT2D eigenvalue weighted by Crippen LogP contribution is 2.20. The van der Waals surface area contributed by atoms with Crippen molar-refractivity contribution in [3.8, 4) is 0 Å². The molecule has 7 heteroatoms. The molecular formula is C22H24N6O. The maximum absolute atomic E-state index is 12.7. The van der Waals surface area contributed by atoms with Crippen molar-refractivity contribution in [3.63, 3.8) is 0 Å². The van der Waals surface area contributed by atoms with E-state index in [-0.39, 0.29) is 5.91 Å². The summed E-state index contributed by atoms with van der Waals surface area (Å²) in [5, 5.41) is 3.22. The first-order valence-electron chi connectivity index (χ1n) is 9.73. The zero-order chi connectivity index (χ0) is 20.2. The normalized spacial score (nSPS) is 14.0. The monoisotopic (exact) mass is 388 g/mol. The summed E-state index contributed by atoms with van der Waals surface area (Å²) in [6, 6.07) is 15.4. The molecule has 1 aromatic carbocycles. The minimum atomic E-state index is 0.0843. The van der Waals surface area contributed by atoms with Gasteiger partial charge in [-0.2, -0.15) is 0 Å². The predicted octanol–water partition coefficient (Wildman–Crippen LogP) is 3.19. The number of hydrogen-bond donors (Lipinski definition) is 1. The number of anilines is 3. The lowest BCUT2D eigenvalue weighted by molar-refractivity contribution is 0.0746. The summed E-state index contributed by atoms with van der Waals surface area (Å²) in [6.07, 6.45) is 1.74. The Morgan fingerprint density at radius 2 is 1.69 bits per heavy atom. The van der Waals surface area contributed by atoms with E-state index in [1.54, 1.807) is 6.20 Å². The van der Waals surface area contributed by atoms with Crippen LogP contribution in [0.25, 0.3) is 0 Å². The maximum Gasteiger partial charge on any atom is 0.253 e. The zero-order valence-corrected chi connectivity index (χ0v) is 16.7. The lowest BCUT2D eigenvalue weighted by Gasteiger charge is -2.35. The number of amides is 1. The molecule has 1 saturated heterocycles. The second-order valence-electron chi connectivity index (χ2n) is 7.14. The predicted molar refractivity (Wildman–Crippen MR) is 114 cm³/mol. The van der Waals surface area contributed by atoms with Crippen LogP contribution < -0.4 is 10.2 Å². The number of aryl methyl sites for hydroxylation is 2. The van der Waals surface area contributed by atoms with Crippen molar-refractivity contribution in [1.29, 1.82) is 0 Å². The molecule has 0 radical (unpaired) electrons. The Bertz CT molecular complexity index is 982. The highest BCUT2D eigenvalue weighted by molar-refractivity contribution is 5.94. The SMILES string of the molecule is Cc1ccc(C(=O)N2CCN(c3cc(Nc4ccccn4)nc(C)n3)CC2)cc1. The van der Waals surface area contributed by atoms with E-state index in [2.05, 4.69) is 25.2 Å². The van der Waals surface area contributed by atoms with Crippen LogP contribution in [0, 0.1) is 13.8 Å². The topological polar surface area (TPSA) is 74.2 Å². The van der Waals surface area contributed by atoms with Crippen LogP contribution in [0.15, 0.2) is 54.7 Å². The summed E-state index contributed by atoms with van der Waals surface area (Å²) in [6.45, 7) is 6.70. The number of hydrogen-bond acceptors (Lipinski definition) is 6. The molecule has 29 heavy (non-hydrogen) atoms. The van der Waals surface area contributed by atoms with Gasteiger partial charge >= 0.3 is 0 Å². The van der Waals surface area contributed by atoms with Crippen LogP contribution in [0.2, 0.25) is 0 Å². The van der Waals surface area contributed by atoms with Gasteiger partial charge in [-0.25, -0.2) is 15.0 Å². The molecule has 0 atom stereocenters. The Balaban J connectivity index is 1.43. The van der Waals surface area contributed by atoms with Crippen molar-refractivity contribution in [2.24, 2.45) is 0 Å². The van der Waals surface area contributed by atoms with Crippen LogP contribution in [-0.4, -0.2) is 51.9 Å². The summed E-state index contributed by atoms with van der Waals surface area (Å²) < 4.78 is 0. The summed E-state index contributed by atoms with van der Waals surface area (Å²) in [7, 11) is 0. The molecule has 0 bridgehead atoms. The van der Waals surface area contributed by atoms with Crippen LogP contribution in [0.4, 0.5) is 17.5 Å². The number of aromatic nitrogens is 3. The lowest BCUT2D eigenvalue weighted by atomic mass is 10.1. The van der Waals surface area contributed by atoms with Gasteiger partial charge in [0.1, 0.15) is 23.3 Å². The van der Waals surface area contributed by atoms with E-state index in [0.29, 0.717) is 24.7 Å². The van der Waals surface area contributed by atoms with Gasteiger partial charge in [0, 0.05) is 44.0 Å². The smallest absolute Gasteiger partial charge is 0.253 e. The number of nitrogens with one attached hydrogen (secondary N) is 1. The summed E-state index contributed by atoms with van der Waals surface area (Å²) in [5.41, 5.74) is 1.89. The molecule has 2 aromatic heterocycles. The molecule has 1 N–H and O–H groups in total. The van der Waals surface area contributed by atoms with Crippen molar-refractivity contribution in [2.75, 3.05) is 36.4 Å². The fraction of sp³-hybridized carbons (Fsp3) is 0.273. The second kappa shape index (κ2) is 8.26. The second-order valence-corrected chi connectivity index (χ2v) is 7.14. The van der Waals surface area contributed by atoms with E-state index in [0.717, 1.165) is 35.9 Å². The maximum atomic E-state index is 12.7. The fourth-order valence-electron chi connectivity index (χ4n) is 3.36. The van der Waals surface area contributed by atoms with Crippen molar-refractivity contribution < 1.29 is 4.79 Å². The average Bonchev–Trinajstić information content (AvgIpc) is 2.74. The van der Waals surface area contributed by atoms with Gasteiger partial charge in [-0.05, 0) is 38.1 Å². The van der Waals surface area contributed by atoms with E-state index in [1.165, 1.54) is 0 Å². The van der Waals surface area contributed by atoms with Crippen molar-refractivity contribution in [2.45, 2.75) is 13.8 Å². The van der Waals surface area contributed by atoms with E-state index in [4.69, 9.17) is 0 Å². The minimum Gasteiger partial charge on any atom is -0.353 e. The van der Waals surface area contributed by atoms with E-state index in [9.17, 15) is 4.79 Å². The molecule has 1 aliphatic rings. The zero-order valence-electron chi connectivity index (χ0n) is 16.7. The van der Waals surface area contributed by atoms with E-state index < -0.39 is 0 Å². The molecule has 0 unspecified atom stereocenters. The average molecular weight is 388 g/mol. The summed E-state index contributed by atoms with van der Waals surface area (Å²) in [4.78, 5) is 30.2. The highest BCUT2D eigenvalue weighted by atomic mass is 16.2. The number of carbonyl (C=O) groups excluding carboxylic acids is 1. The van der Waals surface area contributed by atoms with Crippen molar-refractivity contribution in [3.05, 3.63) is 71.7 Å². The molecule has 148 valence electrons. The summed E-state index contributed by atoms with van der Waals surface area (Å²) >= 11 is 0. The standard InChI is InChI=1S/C22H24N6O/c1-16-6-8-18(9-7-16)22(29)28-13-11-27(12-14-28)21-15-20(24-17(2)25-21)26-19-5-3-4-10-23-19/h3-10,15H,11-14H2,1-2H3,(H,23,24,25,26). The third-order valence-corrected chi connectivity index (χ3v) is 4.93. The first-order chi connectivity index (χ1) is 14.1. The molecule has 1 fully saturated rings. The van der Waals surface area contributed by atoms with Crippen LogP contribution in [-0.2, 0) is 0 Å². The van der Waals surface area contributed by atoms with Gasteiger partial charge in [-0.3, -0.25) is 4.79 Å². The third-order valence-electron chi connectivity index (χ3n) is 4.93. The van der Waals surface area contributed by atoms with Gasteiger partial charge in [-0.1, -0.05) is 23.8 Å². The number of pyridine rings is 1. The Morgan fingerprint density at radius 3 is 2.38 bits per heavy atom. The van der Waals surface area contributed by atoms with Gasteiger partial charge in [0.25, 0.3) is 5.91 Å². The Hall–Kier alpha value is -3.48. The molecule has 7 nitrogen and oxygen atoms in total. The number of benzene rings is 1. The first kappa shape index (κ1) is 18.9. The quantitative estimate of drug-likeness (QED) is 0.740. The Morgan fingerprint density at radius 1 is 0.931 bits per heavy atom. The molecular weight excluding hydrogens is 364 g/mol. The first-order valence-corrected chi connectivity index (χ1v) is 9.73. The van der Waals surface area contributed by atoms with E-state index in [1.807, 2.05) is 67.3 Å². The molecule has 3 aromatic rings. The van der Waals surface area contributed by atoms with Crippen LogP contribution in [0.5, 0.6) is 0 Å². The van der Waals surface area contributed by atoms with Crippen LogP contribution in [0.1, 0.15) is 21.7 Å². The number of rotatable bonds is 4. The van der Waals surface area contributed by atoms with Gasteiger partial charge in [0.15, 0.2) is 0 Å². The lowest BCUT2D eigenvalue weighted by Crippen LogP contribution is -2.49. The fourth-order valence-corrected chi connectivity index (χ4v) is 3.36. The van der Waals surface area contributed by atoms with Crippen LogP contribution in [0.3, 0.4) is 0 Å². The molecule has 0 saturated carbocycles. The summed E-state index contributed by atoms with van der Waals surface area (Å²) in [5.74, 6) is 3.09. The molecule has 0 spiro atoms. The molecule has 3 heterocycles. The molecule has 1 amide bonds. The van der Waals surface area contributed by atoms with Gasteiger partial charge in [-0.15, -0.1) is 0 Å². The van der Waals surface area contributed by atoms with Crippen molar-refractivity contribution in [1.82, 2.24) is 19.9 Å². The minimum absolute atomic E-state index is 0.0843. The van der Waals surface area contributed by atoms with Gasteiger partial charge in [0.2, 0.25) is 0 Å². The number of nitrogens with zero attached hydrogens (tertiary/aromatic N) is 5. The molecule has 1 aliphatic heterocycles. The number of piperazine rings is 1. The third kappa shape index (κ3) is 4.51. The van der Waals surface area contributed by atoms with Gasteiger partial charge in [0.05, 0.1) is 0 Å². The molecule has 0 aliphatic carbocycles. The molecule has 4 rings (SSSR count). The van der Waals surface area contributed by atoms with Gasteiger partial charge < -0.3 is 15.1 Å². The number of carbonyl (C=O) groups is 1. The Labute approximate surface area is 170 Å². The van der Waals surface area contributed by atoms with E-state index >= 15 is 0 Å².